The van der Waals surface area contributed by atoms with Crippen LogP contribution in [-0.2, 0) is 9.59 Å². The fourth-order valence-corrected chi connectivity index (χ4v) is 1.88. The van der Waals surface area contributed by atoms with Crippen molar-refractivity contribution in [2.24, 2.45) is 11.8 Å². The van der Waals surface area contributed by atoms with E-state index in [1.165, 1.54) is 0 Å². The maximum absolute atomic E-state index is 11.6. The van der Waals surface area contributed by atoms with Crippen molar-refractivity contribution in [1.29, 1.82) is 0 Å². The van der Waals surface area contributed by atoms with Crippen LogP contribution in [0.5, 0.6) is 0 Å². The van der Waals surface area contributed by atoms with Crippen LogP contribution in [0.3, 0.4) is 0 Å². The third-order valence-corrected chi connectivity index (χ3v) is 2.90. The molecule has 1 rings (SSSR count). The van der Waals surface area contributed by atoms with Gasteiger partial charge in [0, 0.05) is 12.3 Å². The van der Waals surface area contributed by atoms with Crippen LogP contribution >= 0.6 is 0 Å². The Morgan fingerprint density at radius 2 is 2.07 bits per heavy atom. The lowest BCUT2D eigenvalue weighted by atomic mass is 9.95. The van der Waals surface area contributed by atoms with Gasteiger partial charge in [0.15, 0.2) is 0 Å². The van der Waals surface area contributed by atoms with Crippen LogP contribution in [0, 0.1) is 11.8 Å². The predicted octanol–water partition coefficient (Wildman–Crippen LogP) is 2.53. The first-order valence-corrected chi connectivity index (χ1v) is 5.23. The molecule has 0 aliphatic heterocycles. The summed E-state index contributed by atoms with van der Waals surface area (Å²) >= 11 is 0. The van der Waals surface area contributed by atoms with E-state index in [-0.39, 0.29) is 23.4 Å². The number of rotatable bonds is 4. The maximum Gasteiger partial charge on any atom is 0.146 e. The number of ketones is 2. The van der Waals surface area contributed by atoms with E-state index in [9.17, 15) is 9.59 Å². The van der Waals surface area contributed by atoms with E-state index in [0.717, 1.165) is 24.8 Å². The minimum absolute atomic E-state index is 0.0915. The van der Waals surface area contributed by atoms with Gasteiger partial charge in [-0.25, -0.2) is 0 Å². The van der Waals surface area contributed by atoms with Gasteiger partial charge in [0.05, 0.1) is 5.92 Å². The summed E-state index contributed by atoms with van der Waals surface area (Å²) in [6, 6.07) is 0. The third kappa shape index (κ3) is 2.53. The van der Waals surface area contributed by atoms with Crippen LogP contribution in [0.4, 0.5) is 0 Å². The highest BCUT2D eigenvalue weighted by Crippen LogP contribution is 2.28. The van der Waals surface area contributed by atoms with Gasteiger partial charge in [-0.2, -0.15) is 0 Å². The molecule has 2 heteroatoms. The first-order chi connectivity index (χ1) is 6.52. The first-order valence-electron chi connectivity index (χ1n) is 5.23. The van der Waals surface area contributed by atoms with Crippen molar-refractivity contribution in [1.82, 2.24) is 0 Å². The van der Waals surface area contributed by atoms with Crippen LogP contribution in [0.15, 0.2) is 12.2 Å². The van der Waals surface area contributed by atoms with Crippen molar-refractivity contribution in [3.63, 3.8) is 0 Å². The largest absolute Gasteiger partial charge is 0.299 e. The second-order valence-electron chi connectivity index (χ2n) is 4.36. The van der Waals surface area contributed by atoms with E-state index < -0.39 is 0 Å². The van der Waals surface area contributed by atoms with Crippen LogP contribution in [0.1, 0.15) is 39.5 Å². The highest BCUT2D eigenvalue weighted by molar-refractivity contribution is 6.04. The van der Waals surface area contributed by atoms with Gasteiger partial charge in [0.25, 0.3) is 0 Å². The summed E-state index contributed by atoms with van der Waals surface area (Å²) in [5.74, 6) is 0.0530. The molecule has 1 aliphatic carbocycles. The molecule has 0 spiro atoms. The van der Waals surface area contributed by atoms with Crippen LogP contribution in [0.25, 0.3) is 0 Å². The van der Waals surface area contributed by atoms with Gasteiger partial charge < -0.3 is 0 Å². The second kappa shape index (κ2) is 4.54. The van der Waals surface area contributed by atoms with E-state index in [4.69, 9.17) is 0 Å². The average Bonchev–Trinajstić information content (AvgIpc) is 2.44. The molecule has 1 aliphatic rings. The zero-order valence-corrected chi connectivity index (χ0v) is 9.01. The topological polar surface area (TPSA) is 34.1 Å². The molecule has 0 aromatic heterocycles. The molecule has 2 atom stereocenters. The van der Waals surface area contributed by atoms with Crippen molar-refractivity contribution in [3.05, 3.63) is 12.2 Å². The Morgan fingerprint density at radius 3 is 2.50 bits per heavy atom. The Hall–Kier alpha value is -0.920. The van der Waals surface area contributed by atoms with Crippen molar-refractivity contribution < 1.29 is 9.59 Å². The molecule has 0 saturated heterocycles. The van der Waals surface area contributed by atoms with Crippen molar-refractivity contribution in [3.8, 4) is 0 Å². The standard InChI is InChI=1S/C12H18O2/c1-8(2)4-7-11(13)10-6-5-9(3)12(10)14/h9-10H,1,4-7H2,2-3H3. The van der Waals surface area contributed by atoms with Gasteiger partial charge in [0.1, 0.15) is 11.6 Å². The van der Waals surface area contributed by atoms with Gasteiger partial charge in [-0.1, -0.05) is 12.5 Å². The van der Waals surface area contributed by atoms with Gasteiger partial charge in [-0.05, 0) is 26.2 Å². The molecule has 1 saturated carbocycles. The van der Waals surface area contributed by atoms with Crippen LogP contribution in [0.2, 0.25) is 0 Å². The van der Waals surface area contributed by atoms with Crippen molar-refractivity contribution in [2.45, 2.75) is 39.5 Å². The Bertz CT molecular complexity index is 265. The number of allylic oxidation sites excluding steroid dienone is 1. The van der Waals surface area contributed by atoms with E-state index in [0.29, 0.717) is 6.42 Å². The number of Topliss-reactive ketones (excluding diaryl/α,β-unsaturated/α-hetero) is 2. The summed E-state index contributed by atoms with van der Waals surface area (Å²) in [4.78, 5) is 23.2. The molecule has 14 heavy (non-hydrogen) atoms. The lowest BCUT2D eigenvalue weighted by Gasteiger charge is -2.07. The molecule has 0 bridgehead atoms. The lowest BCUT2D eigenvalue weighted by molar-refractivity contribution is -0.132. The SMILES string of the molecule is C=C(C)CCC(=O)C1CCC(C)C1=O. The fraction of sp³-hybridized carbons (Fsp3) is 0.667. The van der Waals surface area contributed by atoms with Crippen LogP contribution < -0.4 is 0 Å². The van der Waals surface area contributed by atoms with E-state index in [1.807, 2.05) is 13.8 Å². The van der Waals surface area contributed by atoms with Gasteiger partial charge in [0.2, 0.25) is 0 Å². The van der Waals surface area contributed by atoms with Crippen molar-refractivity contribution >= 4 is 11.6 Å². The molecule has 0 aromatic rings. The van der Waals surface area contributed by atoms with E-state index >= 15 is 0 Å². The van der Waals surface area contributed by atoms with E-state index in [1.54, 1.807) is 0 Å². The molecule has 2 unspecified atom stereocenters. The zero-order valence-electron chi connectivity index (χ0n) is 9.01. The van der Waals surface area contributed by atoms with Gasteiger partial charge in [-0.3, -0.25) is 9.59 Å². The molecule has 78 valence electrons. The molecule has 0 aromatic carbocycles. The Balaban J connectivity index is 2.46. The molecule has 0 amide bonds. The monoisotopic (exact) mass is 194 g/mol. The first kappa shape index (κ1) is 11.2. The zero-order chi connectivity index (χ0) is 10.7. The predicted molar refractivity (Wildman–Crippen MR) is 56.0 cm³/mol. The van der Waals surface area contributed by atoms with Gasteiger partial charge >= 0.3 is 0 Å². The molecule has 0 radical (unpaired) electrons. The van der Waals surface area contributed by atoms with Crippen LogP contribution in [-0.4, -0.2) is 11.6 Å². The smallest absolute Gasteiger partial charge is 0.146 e. The molecule has 1 fully saturated rings. The summed E-state index contributed by atoms with van der Waals surface area (Å²) < 4.78 is 0. The number of carbonyl (C=O) groups is 2. The molecule has 2 nitrogen and oxygen atoms in total. The number of carbonyl (C=O) groups excluding carboxylic acids is 2. The quantitative estimate of drug-likeness (QED) is 0.509. The number of hydrogen-bond acceptors (Lipinski definition) is 2. The molecular weight excluding hydrogens is 176 g/mol. The summed E-state index contributed by atoms with van der Waals surface area (Å²) in [7, 11) is 0. The second-order valence-corrected chi connectivity index (χ2v) is 4.36. The summed E-state index contributed by atoms with van der Waals surface area (Å²) in [5.41, 5.74) is 1.01. The lowest BCUT2D eigenvalue weighted by Crippen LogP contribution is -2.21. The van der Waals surface area contributed by atoms with Crippen molar-refractivity contribution in [2.75, 3.05) is 0 Å². The normalized spacial score (nSPS) is 26.6. The minimum atomic E-state index is -0.302. The summed E-state index contributed by atoms with van der Waals surface area (Å²) in [6.07, 6.45) is 2.84. The highest BCUT2D eigenvalue weighted by atomic mass is 16.2. The number of hydrogen-bond donors (Lipinski definition) is 0. The summed E-state index contributed by atoms with van der Waals surface area (Å²) in [5, 5.41) is 0. The molecule has 0 N–H and O–H groups in total. The Labute approximate surface area is 85.4 Å². The third-order valence-electron chi connectivity index (χ3n) is 2.90. The van der Waals surface area contributed by atoms with E-state index in [2.05, 4.69) is 6.58 Å². The molecular formula is C12H18O2. The summed E-state index contributed by atoms with van der Waals surface area (Å²) in [6.45, 7) is 7.57. The highest BCUT2D eigenvalue weighted by Gasteiger charge is 2.35. The molecule has 0 heterocycles. The van der Waals surface area contributed by atoms with Gasteiger partial charge in [-0.15, -0.1) is 6.58 Å². The Morgan fingerprint density at radius 1 is 1.43 bits per heavy atom. The maximum atomic E-state index is 11.6. The Kier molecular flexibility index (Phi) is 3.62. The fourth-order valence-electron chi connectivity index (χ4n) is 1.88. The minimum Gasteiger partial charge on any atom is -0.299 e. The average molecular weight is 194 g/mol.